The van der Waals surface area contributed by atoms with Crippen LogP contribution in [0.5, 0.6) is 0 Å². The minimum Gasteiger partial charge on any atom is -0.322 e. The predicted molar refractivity (Wildman–Crippen MR) is 93.1 cm³/mol. The van der Waals surface area contributed by atoms with Crippen LogP contribution in [-0.2, 0) is 0 Å². The van der Waals surface area contributed by atoms with E-state index in [0.717, 1.165) is 16.6 Å². The summed E-state index contributed by atoms with van der Waals surface area (Å²) < 4.78 is 0. The average molecular weight is 306 g/mol. The number of nitrogens with one attached hydrogen (secondary N) is 2. The Morgan fingerprint density at radius 2 is 1.74 bits per heavy atom. The van der Waals surface area contributed by atoms with Crippen LogP contribution in [-0.4, -0.2) is 10.9 Å². The number of fused-ring (bicyclic) bond motifs is 1. The topological polar surface area (TPSA) is 62.0 Å². The number of aromatic nitrogens is 1. The van der Waals surface area contributed by atoms with Gasteiger partial charge in [-0.3, -0.25) is 9.59 Å². The normalized spacial score (nSPS) is 10.9. The van der Waals surface area contributed by atoms with Crippen molar-refractivity contribution in [3.05, 3.63) is 76.1 Å². The molecule has 1 heterocycles. The summed E-state index contributed by atoms with van der Waals surface area (Å²) in [6, 6.07) is 16.3. The van der Waals surface area contributed by atoms with Crippen molar-refractivity contribution >= 4 is 22.5 Å². The van der Waals surface area contributed by atoms with E-state index in [9.17, 15) is 9.59 Å². The monoisotopic (exact) mass is 306 g/mol. The molecule has 0 aliphatic rings. The fraction of sp³-hybridized carbons (Fsp3) is 0.158. The number of H-pyrrole nitrogens is 1. The number of para-hydroxylation sites is 2. The molecule has 0 aliphatic carbocycles. The van der Waals surface area contributed by atoms with Crippen LogP contribution < -0.4 is 10.9 Å². The molecule has 23 heavy (non-hydrogen) atoms. The summed E-state index contributed by atoms with van der Waals surface area (Å²) in [4.78, 5) is 27.2. The summed E-state index contributed by atoms with van der Waals surface area (Å²) in [6.45, 7) is 4.15. The van der Waals surface area contributed by atoms with Gasteiger partial charge in [-0.2, -0.15) is 0 Å². The number of hydrogen-bond acceptors (Lipinski definition) is 2. The largest absolute Gasteiger partial charge is 0.322 e. The fourth-order valence-electron chi connectivity index (χ4n) is 2.70. The highest BCUT2D eigenvalue weighted by molar-refractivity contribution is 6.12. The number of hydrogen-bond donors (Lipinski definition) is 2. The Morgan fingerprint density at radius 3 is 2.52 bits per heavy atom. The third-order valence-corrected chi connectivity index (χ3v) is 3.83. The van der Waals surface area contributed by atoms with Crippen molar-refractivity contribution in [1.29, 1.82) is 0 Å². The summed E-state index contributed by atoms with van der Waals surface area (Å²) in [5, 5.41) is 3.66. The quantitative estimate of drug-likeness (QED) is 0.771. The van der Waals surface area contributed by atoms with Gasteiger partial charge in [0.05, 0.1) is 5.56 Å². The van der Waals surface area contributed by atoms with Gasteiger partial charge >= 0.3 is 0 Å². The second kappa shape index (κ2) is 6.08. The van der Waals surface area contributed by atoms with Crippen molar-refractivity contribution in [2.45, 2.75) is 19.8 Å². The number of carbonyl (C=O) groups excluding carboxylic acids is 1. The summed E-state index contributed by atoms with van der Waals surface area (Å²) in [5.74, 6) is 0.0165. The molecule has 3 aromatic rings. The number of pyridine rings is 1. The zero-order valence-corrected chi connectivity index (χ0v) is 13.1. The molecule has 0 radical (unpaired) electrons. The van der Waals surface area contributed by atoms with Crippen molar-refractivity contribution in [3.63, 3.8) is 0 Å². The Labute approximate surface area is 134 Å². The minimum absolute atomic E-state index is 0.277. The molecule has 0 unspecified atom stereocenters. The van der Waals surface area contributed by atoms with E-state index in [1.165, 1.54) is 6.07 Å². The molecule has 3 rings (SSSR count). The first kappa shape index (κ1) is 15.0. The predicted octanol–water partition coefficient (Wildman–Crippen LogP) is 3.90. The van der Waals surface area contributed by atoms with Crippen LogP contribution in [0.15, 0.2) is 59.4 Å². The van der Waals surface area contributed by atoms with Crippen LogP contribution in [0.4, 0.5) is 5.69 Å². The van der Waals surface area contributed by atoms with E-state index in [4.69, 9.17) is 0 Å². The van der Waals surface area contributed by atoms with E-state index in [-0.39, 0.29) is 11.5 Å². The highest BCUT2D eigenvalue weighted by Crippen LogP contribution is 2.25. The molecule has 2 aromatic carbocycles. The molecule has 2 N–H and O–H groups in total. The smallest absolute Gasteiger partial charge is 0.256 e. The third-order valence-electron chi connectivity index (χ3n) is 3.83. The van der Waals surface area contributed by atoms with Crippen molar-refractivity contribution in [1.82, 2.24) is 4.98 Å². The molecule has 1 amide bonds. The van der Waals surface area contributed by atoms with Gasteiger partial charge in [0, 0.05) is 22.7 Å². The van der Waals surface area contributed by atoms with E-state index in [1.807, 2.05) is 42.5 Å². The number of anilines is 1. The van der Waals surface area contributed by atoms with Crippen molar-refractivity contribution in [2.24, 2.45) is 0 Å². The molecule has 0 saturated heterocycles. The molecule has 4 heteroatoms. The highest BCUT2D eigenvalue weighted by Gasteiger charge is 2.14. The van der Waals surface area contributed by atoms with E-state index < -0.39 is 0 Å². The van der Waals surface area contributed by atoms with Crippen LogP contribution in [0.1, 0.15) is 35.7 Å². The average Bonchev–Trinajstić information content (AvgIpc) is 2.54. The van der Waals surface area contributed by atoms with Gasteiger partial charge in [0.2, 0.25) is 5.56 Å². The highest BCUT2D eigenvalue weighted by atomic mass is 16.2. The van der Waals surface area contributed by atoms with E-state index in [0.29, 0.717) is 17.0 Å². The lowest BCUT2D eigenvalue weighted by Gasteiger charge is -2.14. The lowest BCUT2D eigenvalue weighted by molar-refractivity contribution is 0.102. The Morgan fingerprint density at radius 1 is 1.04 bits per heavy atom. The van der Waals surface area contributed by atoms with Crippen LogP contribution >= 0.6 is 0 Å². The zero-order valence-electron chi connectivity index (χ0n) is 13.1. The van der Waals surface area contributed by atoms with E-state index in [2.05, 4.69) is 24.1 Å². The maximum Gasteiger partial charge on any atom is 0.256 e. The van der Waals surface area contributed by atoms with Gasteiger partial charge in [0.25, 0.3) is 5.91 Å². The Kier molecular flexibility index (Phi) is 3.98. The maximum absolute atomic E-state index is 12.7. The number of aromatic amines is 1. The molecular formula is C19H18N2O2. The van der Waals surface area contributed by atoms with Gasteiger partial charge in [-0.1, -0.05) is 50.2 Å². The Bertz CT molecular complexity index is 926. The van der Waals surface area contributed by atoms with Crippen LogP contribution in [0.25, 0.3) is 10.9 Å². The van der Waals surface area contributed by atoms with Crippen LogP contribution in [0.3, 0.4) is 0 Å². The van der Waals surface area contributed by atoms with Crippen molar-refractivity contribution < 1.29 is 4.79 Å². The first-order valence-electron chi connectivity index (χ1n) is 7.58. The van der Waals surface area contributed by atoms with Crippen molar-refractivity contribution in [3.8, 4) is 0 Å². The lowest BCUT2D eigenvalue weighted by atomic mass is 10.0. The first-order chi connectivity index (χ1) is 11.1. The van der Waals surface area contributed by atoms with Gasteiger partial charge in [0.1, 0.15) is 0 Å². The SMILES string of the molecule is CC(C)c1ccccc1NC(=O)c1cc(=O)[nH]c2ccccc12. The summed E-state index contributed by atoms with van der Waals surface area (Å²) in [7, 11) is 0. The third kappa shape index (κ3) is 3.01. The molecule has 4 nitrogen and oxygen atoms in total. The summed E-state index contributed by atoms with van der Waals surface area (Å²) >= 11 is 0. The van der Waals surface area contributed by atoms with Gasteiger partial charge < -0.3 is 10.3 Å². The molecule has 0 saturated carbocycles. The second-order valence-electron chi connectivity index (χ2n) is 5.79. The van der Waals surface area contributed by atoms with Crippen LogP contribution in [0, 0.1) is 0 Å². The minimum atomic E-state index is -0.286. The molecular weight excluding hydrogens is 288 g/mol. The second-order valence-corrected chi connectivity index (χ2v) is 5.79. The zero-order chi connectivity index (χ0) is 16.4. The van der Waals surface area contributed by atoms with Gasteiger partial charge in [-0.15, -0.1) is 0 Å². The molecule has 0 atom stereocenters. The van der Waals surface area contributed by atoms with Gasteiger partial charge in [-0.25, -0.2) is 0 Å². The van der Waals surface area contributed by atoms with E-state index in [1.54, 1.807) is 6.07 Å². The molecule has 0 fully saturated rings. The molecule has 116 valence electrons. The molecule has 0 bridgehead atoms. The number of rotatable bonds is 3. The molecule has 0 spiro atoms. The first-order valence-corrected chi connectivity index (χ1v) is 7.58. The fourth-order valence-corrected chi connectivity index (χ4v) is 2.70. The van der Waals surface area contributed by atoms with Gasteiger partial charge in [0.15, 0.2) is 0 Å². The Hall–Kier alpha value is -2.88. The summed E-state index contributed by atoms with van der Waals surface area (Å²) in [6.07, 6.45) is 0. The number of carbonyl (C=O) groups is 1. The van der Waals surface area contributed by atoms with E-state index >= 15 is 0 Å². The standard InChI is InChI=1S/C19H18N2O2/c1-12(2)13-7-3-5-9-16(13)21-19(23)15-11-18(22)20-17-10-6-4-8-14(15)17/h3-12H,1-2H3,(H,20,22)(H,21,23). The maximum atomic E-state index is 12.7. The lowest BCUT2D eigenvalue weighted by Crippen LogP contribution is -2.17. The Balaban J connectivity index is 2.04. The van der Waals surface area contributed by atoms with Gasteiger partial charge in [-0.05, 0) is 23.6 Å². The van der Waals surface area contributed by atoms with Crippen molar-refractivity contribution in [2.75, 3.05) is 5.32 Å². The number of amides is 1. The summed E-state index contributed by atoms with van der Waals surface area (Å²) in [5.41, 5.74) is 2.59. The number of benzene rings is 2. The molecule has 1 aromatic heterocycles. The van der Waals surface area contributed by atoms with Crippen LogP contribution in [0.2, 0.25) is 0 Å². The molecule has 0 aliphatic heterocycles.